The molecule has 106 valence electrons. The number of ketones is 1. The average molecular weight is 311 g/mol. The third kappa shape index (κ3) is 3.84. The summed E-state index contributed by atoms with van der Waals surface area (Å²) in [6.45, 7) is 4.10. The molecule has 3 nitrogen and oxygen atoms in total. The number of halogens is 2. The van der Waals surface area contributed by atoms with Crippen molar-refractivity contribution in [1.29, 1.82) is 0 Å². The first-order valence-corrected chi connectivity index (χ1v) is 7.21. The van der Waals surface area contributed by atoms with Gasteiger partial charge in [0.1, 0.15) is 5.78 Å². The summed E-state index contributed by atoms with van der Waals surface area (Å²) in [5.41, 5.74) is 1.58. The first-order chi connectivity index (χ1) is 9.45. The molecule has 0 aliphatic rings. The summed E-state index contributed by atoms with van der Waals surface area (Å²) in [6, 6.07) is 7.35. The van der Waals surface area contributed by atoms with Gasteiger partial charge < -0.3 is 0 Å². The van der Waals surface area contributed by atoms with E-state index in [1.165, 1.54) is 0 Å². The summed E-state index contributed by atoms with van der Waals surface area (Å²) in [6.07, 6.45) is 2.51. The third-order valence-corrected chi connectivity index (χ3v) is 3.56. The lowest BCUT2D eigenvalue weighted by atomic mass is 10.1. The molecule has 0 bridgehead atoms. The highest BCUT2D eigenvalue weighted by Crippen LogP contribution is 2.21. The van der Waals surface area contributed by atoms with Gasteiger partial charge in [-0.15, -0.1) is 0 Å². The Morgan fingerprint density at radius 1 is 1.25 bits per heavy atom. The quantitative estimate of drug-likeness (QED) is 0.832. The van der Waals surface area contributed by atoms with Crippen molar-refractivity contribution < 1.29 is 4.79 Å². The minimum absolute atomic E-state index is 0.0863. The zero-order chi connectivity index (χ0) is 14.7. The van der Waals surface area contributed by atoms with Gasteiger partial charge in [-0.05, 0) is 37.6 Å². The van der Waals surface area contributed by atoms with Crippen LogP contribution < -0.4 is 0 Å². The highest BCUT2D eigenvalue weighted by atomic mass is 35.5. The Morgan fingerprint density at radius 2 is 2.00 bits per heavy atom. The van der Waals surface area contributed by atoms with Crippen LogP contribution in [-0.2, 0) is 17.6 Å². The maximum Gasteiger partial charge on any atom is 0.143 e. The number of Topliss-reactive ketones (excluding diaryl/α,β-unsaturated/α-hetero) is 1. The number of benzene rings is 1. The topological polar surface area (TPSA) is 34.9 Å². The zero-order valence-electron chi connectivity index (χ0n) is 11.4. The van der Waals surface area contributed by atoms with Gasteiger partial charge in [-0.25, -0.2) is 0 Å². The van der Waals surface area contributed by atoms with Gasteiger partial charge in [-0.3, -0.25) is 9.48 Å². The monoisotopic (exact) mass is 310 g/mol. The van der Waals surface area contributed by atoms with E-state index in [2.05, 4.69) is 5.10 Å². The second kappa shape index (κ2) is 6.42. The average Bonchev–Trinajstić information content (AvgIpc) is 2.81. The number of hydrogen-bond acceptors (Lipinski definition) is 2. The SMILES string of the molecule is CC(C)n1ccc(CC(=O)Cc2ccc(Cl)cc2Cl)n1. The van der Waals surface area contributed by atoms with Gasteiger partial charge in [0.2, 0.25) is 0 Å². The van der Waals surface area contributed by atoms with Crippen LogP contribution in [0.3, 0.4) is 0 Å². The standard InChI is InChI=1S/C15H16Cl2N2O/c1-10(2)19-6-5-13(18-19)9-14(20)7-11-3-4-12(16)8-15(11)17/h3-6,8,10H,7,9H2,1-2H3. The number of aromatic nitrogens is 2. The molecule has 2 aromatic rings. The molecule has 0 saturated heterocycles. The first-order valence-electron chi connectivity index (χ1n) is 6.45. The van der Waals surface area contributed by atoms with Crippen LogP contribution in [0.1, 0.15) is 31.1 Å². The van der Waals surface area contributed by atoms with Crippen molar-refractivity contribution in [3.8, 4) is 0 Å². The van der Waals surface area contributed by atoms with E-state index in [0.29, 0.717) is 28.9 Å². The molecule has 0 N–H and O–H groups in total. The molecule has 1 aromatic heterocycles. The number of rotatable bonds is 5. The summed E-state index contributed by atoms with van der Waals surface area (Å²) in [7, 11) is 0. The predicted molar refractivity (Wildman–Crippen MR) is 81.5 cm³/mol. The molecule has 0 spiro atoms. The summed E-state index contributed by atoms with van der Waals surface area (Å²) >= 11 is 11.9. The van der Waals surface area contributed by atoms with Crippen molar-refractivity contribution >= 4 is 29.0 Å². The number of hydrogen-bond donors (Lipinski definition) is 0. The van der Waals surface area contributed by atoms with Gasteiger partial charge >= 0.3 is 0 Å². The molecule has 0 amide bonds. The van der Waals surface area contributed by atoms with Crippen molar-refractivity contribution in [2.75, 3.05) is 0 Å². The Morgan fingerprint density at radius 3 is 2.60 bits per heavy atom. The smallest absolute Gasteiger partial charge is 0.143 e. The second-order valence-corrected chi connectivity index (χ2v) is 5.85. The van der Waals surface area contributed by atoms with Gasteiger partial charge in [-0.2, -0.15) is 5.10 Å². The normalized spacial score (nSPS) is 11.1. The van der Waals surface area contributed by atoms with Gasteiger partial charge in [0.15, 0.2) is 0 Å². The lowest BCUT2D eigenvalue weighted by molar-refractivity contribution is -0.117. The largest absolute Gasteiger partial charge is 0.299 e. The highest BCUT2D eigenvalue weighted by molar-refractivity contribution is 6.35. The molecule has 1 aromatic carbocycles. The lowest BCUT2D eigenvalue weighted by Gasteiger charge is -2.05. The van der Waals surface area contributed by atoms with E-state index < -0.39 is 0 Å². The molecule has 0 atom stereocenters. The molecule has 0 fully saturated rings. The maximum atomic E-state index is 12.1. The Hall–Kier alpha value is -1.32. The third-order valence-electron chi connectivity index (χ3n) is 2.97. The highest BCUT2D eigenvalue weighted by Gasteiger charge is 2.11. The van der Waals surface area contributed by atoms with Crippen LogP contribution in [-0.4, -0.2) is 15.6 Å². The minimum Gasteiger partial charge on any atom is -0.299 e. The molecule has 2 rings (SSSR count). The molecular formula is C15H16Cl2N2O. The van der Waals surface area contributed by atoms with E-state index in [-0.39, 0.29) is 5.78 Å². The molecule has 0 saturated carbocycles. The number of carbonyl (C=O) groups is 1. The molecular weight excluding hydrogens is 295 g/mol. The maximum absolute atomic E-state index is 12.1. The number of nitrogens with zero attached hydrogens (tertiary/aromatic N) is 2. The molecule has 0 radical (unpaired) electrons. The van der Waals surface area contributed by atoms with Crippen molar-refractivity contribution in [2.24, 2.45) is 0 Å². The Labute approximate surface area is 128 Å². The molecule has 5 heteroatoms. The number of carbonyl (C=O) groups excluding carboxylic acids is 1. The Balaban J connectivity index is 2.01. The van der Waals surface area contributed by atoms with E-state index in [1.807, 2.05) is 30.8 Å². The molecule has 20 heavy (non-hydrogen) atoms. The van der Waals surface area contributed by atoms with Gasteiger partial charge in [-0.1, -0.05) is 29.3 Å². The fourth-order valence-electron chi connectivity index (χ4n) is 1.90. The van der Waals surface area contributed by atoms with E-state index in [1.54, 1.807) is 18.2 Å². The van der Waals surface area contributed by atoms with E-state index in [0.717, 1.165) is 11.3 Å². The van der Waals surface area contributed by atoms with E-state index in [4.69, 9.17) is 23.2 Å². The van der Waals surface area contributed by atoms with Crippen LogP contribution in [0.25, 0.3) is 0 Å². The van der Waals surface area contributed by atoms with Crippen LogP contribution in [0.2, 0.25) is 10.0 Å². The summed E-state index contributed by atoms with van der Waals surface area (Å²) in [5, 5.41) is 5.47. The van der Waals surface area contributed by atoms with Crippen molar-refractivity contribution in [2.45, 2.75) is 32.7 Å². The van der Waals surface area contributed by atoms with Crippen LogP contribution >= 0.6 is 23.2 Å². The van der Waals surface area contributed by atoms with Crippen LogP contribution in [0.15, 0.2) is 30.5 Å². The Bertz CT molecular complexity index is 620. The van der Waals surface area contributed by atoms with Crippen LogP contribution in [0, 0.1) is 0 Å². The molecule has 0 aliphatic carbocycles. The summed E-state index contributed by atoms with van der Waals surface area (Å²) < 4.78 is 1.85. The van der Waals surface area contributed by atoms with Gasteiger partial charge in [0.25, 0.3) is 0 Å². The predicted octanol–water partition coefficient (Wildman–Crippen LogP) is 4.13. The van der Waals surface area contributed by atoms with Gasteiger partial charge in [0.05, 0.1) is 12.1 Å². The van der Waals surface area contributed by atoms with E-state index >= 15 is 0 Å². The fraction of sp³-hybridized carbons (Fsp3) is 0.333. The van der Waals surface area contributed by atoms with Crippen molar-refractivity contribution in [3.63, 3.8) is 0 Å². The Kier molecular flexibility index (Phi) is 4.84. The van der Waals surface area contributed by atoms with Crippen LogP contribution in [0.5, 0.6) is 0 Å². The zero-order valence-corrected chi connectivity index (χ0v) is 12.9. The molecule has 0 unspecified atom stereocenters. The van der Waals surface area contributed by atoms with Gasteiger partial charge in [0, 0.05) is 28.7 Å². The first kappa shape index (κ1) is 15.1. The minimum atomic E-state index is 0.0863. The fourth-order valence-corrected chi connectivity index (χ4v) is 2.38. The summed E-state index contributed by atoms with van der Waals surface area (Å²) in [4.78, 5) is 12.1. The lowest BCUT2D eigenvalue weighted by Crippen LogP contribution is -2.09. The second-order valence-electron chi connectivity index (χ2n) is 5.01. The van der Waals surface area contributed by atoms with Crippen molar-refractivity contribution in [1.82, 2.24) is 9.78 Å². The van der Waals surface area contributed by atoms with Crippen LogP contribution in [0.4, 0.5) is 0 Å². The molecule has 1 heterocycles. The molecule has 0 aliphatic heterocycles. The van der Waals surface area contributed by atoms with E-state index in [9.17, 15) is 4.79 Å². The van der Waals surface area contributed by atoms with Crippen molar-refractivity contribution in [3.05, 3.63) is 51.8 Å². The summed E-state index contributed by atoms with van der Waals surface area (Å²) in [5.74, 6) is 0.0863.